The quantitative estimate of drug-likeness (QED) is 0.402. The maximum absolute atomic E-state index is 12.2. The third-order valence-electron chi connectivity index (χ3n) is 2.72. The molecular formula is C15H18O3. The summed E-state index contributed by atoms with van der Waals surface area (Å²) >= 11 is 0. The fourth-order valence-corrected chi connectivity index (χ4v) is 1.73. The summed E-state index contributed by atoms with van der Waals surface area (Å²) in [6.07, 6.45) is 2.24. The number of ketones is 2. The molecule has 0 aliphatic carbocycles. The SMILES string of the molecule is C=CCC(C(=O)CCOC)C(=O)c1ccccc1. The van der Waals surface area contributed by atoms with Gasteiger partial charge in [0.25, 0.3) is 0 Å². The van der Waals surface area contributed by atoms with Gasteiger partial charge in [-0.25, -0.2) is 0 Å². The summed E-state index contributed by atoms with van der Waals surface area (Å²) in [5.74, 6) is -0.873. The molecular weight excluding hydrogens is 228 g/mol. The number of ether oxygens (including phenoxy) is 1. The van der Waals surface area contributed by atoms with Crippen molar-refractivity contribution in [1.29, 1.82) is 0 Å². The predicted octanol–water partition coefficient (Wildman–Crippen LogP) is 2.67. The van der Waals surface area contributed by atoms with E-state index in [0.29, 0.717) is 18.6 Å². The second-order valence-electron chi connectivity index (χ2n) is 4.02. The lowest BCUT2D eigenvalue weighted by Crippen LogP contribution is -2.24. The van der Waals surface area contributed by atoms with Gasteiger partial charge in [0, 0.05) is 19.1 Å². The maximum atomic E-state index is 12.2. The first-order valence-corrected chi connectivity index (χ1v) is 5.92. The van der Waals surface area contributed by atoms with Crippen LogP contribution < -0.4 is 0 Å². The highest BCUT2D eigenvalue weighted by atomic mass is 16.5. The molecule has 96 valence electrons. The van der Waals surface area contributed by atoms with Crippen LogP contribution in [-0.2, 0) is 9.53 Å². The zero-order chi connectivity index (χ0) is 13.4. The van der Waals surface area contributed by atoms with Gasteiger partial charge >= 0.3 is 0 Å². The van der Waals surface area contributed by atoms with E-state index >= 15 is 0 Å². The van der Waals surface area contributed by atoms with E-state index in [1.54, 1.807) is 30.3 Å². The van der Waals surface area contributed by atoms with Gasteiger partial charge in [-0.15, -0.1) is 6.58 Å². The molecule has 0 spiro atoms. The lowest BCUT2D eigenvalue weighted by molar-refractivity contribution is -0.122. The molecule has 0 aromatic heterocycles. The Labute approximate surface area is 107 Å². The van der Waals surface area contributed by atoms with Gasteiger partial charge in [0.15, 0.2) is 5.78 Å². The van der Waals surface area contributed by atoms with Gasteiger partial charge in [0.1, 0.15) is 5.78 Å². The van der Waals surface area contributed by atoms with E-state index < -0.39 is 5.92 Å². The Morgan fingerprint density at radius 2 is 2.00 bits per heavy atom. The van der Waals surface area contributed by atoms with Crippen molar-refractivity contribution < 1.29 is 14.3 Å². The van der Waals surface area contributed by atoms with Gasteiger partial charge in [-0.1, -0.05) is 36.4 Å². The van der Waals surface area contributed by atoms with Gasteiger partial charge in [-0.2, -0.15) is 0 Å². The number of carbonyl (C=O) groups excluding carboxylic acids is 2. The van der Waals surface area contributed by atoms with Gasteiger partial charge in [0.05, 0.1) is 12.5 Å². The molecule has 0 saturated heterocycles. The molecule has 1 aromatic rings. The van der Waals surface area contributed by atoms with E-state index in [0.717, 1.165) is 0 Å². The van der Waals surface area contributed by atoms with Crippen LogP contribution in [0.4, 0.5) is 0 Å². The molecule has 0 radical (unpaired) electrons. The lowest BCUT2D eigenvalue weighted by Gasteiger charge is -2.12. The molecule has 0 saturated carbocycles. The van der Waals surface area contributed by atoms with Crippen LogP contribution in [0.3, 0.4) is 0 Å². The first-order chi connectivity index (χ1) is 8.70. The number of carbonyl (C=O) groups is 2. The number of allylic oxidation sites excluding steroid dienone is 1. The molecule has 18 heavy (non-hydrogen) atoms. The Balaban J connectivity index is 2.81. The Bertz CT molecular complexity index is 409. The average molecular weight is 246 g/mol. The molecule has 0 aliphatic heterocycles. The highest BCUT2D eigenvalue weighted by Crippen LogP contribution is 2.16. The fourth-order valence-electron chi connectivity index (χ4n) is 1.73. The normalized spacial score (nSPS) is 11.8. The van der Waals surface area contributed by atoms with Crippen molar-refractivity contribution in [3.63, 3.8) is 0 Å². The van der Waals surface area contributed by atoms with Crippen LogP contribution in [0.15, 0.2) is 43.0 Å². The van der Waals surface area contributed by atoms with Crippen LogP contribution in [0, 0.1) is 5.92 Å². The van der Waals surface area contributed by atoms with E-state index in [1.807, 2.05) is 6.07 Å². The molecule has 3 nitrogen and oxygen atoms in total. The zero-order valence-corrected chi connectivity index (χ0v) is 10.6. The van der Waals surface area contributed by atoms with Gasteiger partial charge in [-0.05, 0) is 6.42 Å². The summed E-state index contributed by atoms with van der Waals surface area (Å²) < 4.78 is 4.87. The Morgan fingerprint density at radius 1 is 1.33 bits per heavy atom. The van der Waals surface area contributed by atoms with E-state index in [9.17, 15) is 9.59 Å². The Hall–Kier alpha value is -1.74. The summed E-state index contributed by atoms with van der Waals surface area (Å²) in [5.41, 5.74) is 0.565. The molecule has 1 unspecified atom stereocenters. The minimum absolute atomic E-state index is 0.0920. The van der Waals surface area contributed by atoms with Crippen LogP contribution in [-0.4, -0.2) is 25.3 Å². The zero-order valence-electron chi connectivity index (χ0n) is 10.6. The van der Waals surface area contributed by atoms with Gasteiger partial charge in [-0.3, -0.25) is 9.59 Å². The maximum Gasteiger partial charge on any atom is 0.173 e. The minimum atomic E-state index is -0.639. The van der Waals surface area contributed by atoms with Crippen LogP contribution in [0.5, 0.6) is 0 Å². The van der Waals surface area contributed by atoms with E-state index in [-0.39, 0.29) is 18.0 Å². The number of methoxy groups -OCH3 is 1. The molecule has 0 heterocycles. The molecule has 3 heteroatoms. The van der Waals surface area contributed by atoms with Crippen LogP contribution in [0.1, 0.15) is 23.2 Å². The van der Waals surface area contributed by atoms with Crippen molar-refractivity contribution in [2.75, 3.05) is 13.7 Å². The first-order valence-electron chi connectivity index (χ1n) is 5.92. The number of Topliss-reactive ketones (excluding diaryl/α,β-unsaturated/α-hetero) is 2. The van der Waals surface area contributed by atoms with Crippen LogP contribution >= 0.6 is 0 Å². The van der Waals surface area contributed by atoms with Crippen molar-refractivity contribution in [1.82, 2.24) is 0 Å². The van der Waals surface area contributed by atoms with Crippen molar-refractivity contribution in [3.8, 4) is 0 Å². The smallest absolute Gasteiger partial charge is 0.173 e. The summed E-state index contributed by atoms with van der Waals surface area (Å²) in [7, 11) is 1.54. The molecule has 0 bridgehead atoms. The first kappa shape index (κ1) is 14.3. The molecule has 1 aromatic carbocycles. The molecule has 0 N–H and O–H groups in total. The largest absolute Gasteiger partial charge is 0.384 e. The molecule has 0 aliphatic rings. The monoisotopic (exact) mass is 246 g/mol. The van der Waals surface area contributed by atoms with Crippen LogP contribution in [0.2, 0.25) is 0 Å². The molecule has 1 rings (SSSR count). The number of hydrogen-bond donors (Lipinski definition) is 0. The van der Waals surface area contributed by atoms with Crippen LogP contribution in [0.25, 0.3) is 0 Å². The summed E-state index contributed by atoms with van der Waals surface area (Å²) in [6, 6.07) is 8.87. The Kier molecular flexibility index (Phi) is 6.01. The minimum Gasteiger partial charge on any atom is -0.384 e. The number of hydrogen-bond acceptors (Lipinski definition) is 3. The Morgan fingerprint density at radius 3 is 2.56 bits per heavy atom. The second-order valence-corrected chi connectivity index (χ2v) is 4.02. The predicted molar refractivity (Wildman–Crippen MR) is 70.6 cm³/mol. The van der Waals surface area contributed by atoms with Crippen molar-refractivity contribution in [2.45, 2.75) is 12.8 Å². The average Bonchev–Trinajstić information content (AvgIpc) is 2.42. The third-order valence-corrected chi connectivity index (χ3v) is 2.72. The fraction of sp³-hybridized carbons (Fsp3) is 0.333. The number of rotatable bonds is 8. The molecule has 0 amide bonds. The van der Waals surface area contributed by atoms with E-state index in [1.165, 1.54) is 7.11 Å². The van der Waals surface area contributed by atoms with E-state index in [4.69, 9.17) is 4.74 Å². The standard InChI is InChI=1S/C15H18O3/c1-3-7-13(14(16)10-11-18-2)15(17)12-8-5-4-6-9-12/h3-6,8-9,13H,1,7,10-11H2,2H3. The summed E-state index contributed by atoms with van der Waals surface area (Å²) in [5, 5.41) is 0. The highest BCUT2D eigenvalue weighted by molar-refractivity contribution is 6.10. The highest BCUT2D eigenvalue weighted by Gasteiger charge is 2.25. The van der Waals surface area contributed by atoms with Gasteiger partial charge < -0.3 is 4.74 Å². The van der Waals surface area contributed by atoms with E-state index in [2.05, 4.69) is 6.58 Å². The van der Waals surface area contributed by atoms with Crippen molar-refractivity contribution in [2.24, 2.45) is 5.92 Å². The lowest BCUT2D eigenvalue weighted by atomic mass is 9.89. The summed E-state index contributed by atoms with van der Waals surface area (Å²) in [4.78, 5) is 24.2. The van der Waals surface area contributed by atoms with Crippen molar-refractivity contribution >= 4 is 11.6 Å². The molecule has 1 atom stereocenters. The third kappa shape index (κ3) is 3.93. The number of benzene rings is 1. The second kappa shape index (κ2) is 7.56. The molecule has 0 fully saturated rings. The van der Waals surface area contributed by atoms with Gasteiger partial charge in [0.2, 0.25) is 0 Å². The van der Waals surface area contributed by atoms with Crippen molar-refractivity contribution in [3.05, 3.63) is 48.6 Å². The summed E-state index contributed by atoms with van der Waals surface area (Å²) in [6.45, 7) is 3.95. The topological polar surface area (TPSA) is 43.4 Å².